The summed E-state index contributed by atoms with van der Waals surface area (Å²) < 4.78 is 5.70. The maximum absolute atomic E-state index is 13.0. The summed E-state index contributed by atoms with van der Waals surface area (Å²) in [6, 6.07) is 0. The van der Waals surface area contributed by atoms with Gasteiger partial charge in [-0.3, -0.25) is 19.3 Å². The monoisotopic (exact) mass is 421 g/mol. The third-order valence-electron chi connectivity index (χ3n) is 7.10. The van der Waals surface area contributed by atoms with Gasteiger partial charge in [0.05, 0.1) is 12.0 Å². The normalized spacial score (nSPS) is 17.6. The van der Waals surface area contributed by atoms with Crippen LogP contribution in [-0.4, -0.2) is 35.8 Å². The van der Waals surface area contributed by atoms with Crippen LogP contribution in [0.15, 0.2) is 11.1 Å². The summed E-state index contributed by atoms with van der Waals surface area (Å²) in [6.07, 6.45) is 5.18. The minimum absolute atomic E-state index is 0.0804. The Morgan fingerprint density at radius 1 is 0.867 bits per heavy atom. The molecule has 1 aliphatic rings. The van der Waals surface area contributed by atoms with Crippen molar-refractivity contribution < 1.29 is 19.1 Å². The van der Waals surface area contributed by atoms with E-state index < -0.39 is 5.41 Å². The molecule has 0 aromatic heterocycles. The van der Waals surface area contributed by atoms with E-state index in [9.17, 15) is 14.4 Å². The average molecular weight is 422 g/mol. The first-order valence-electron chi connectivity index (χ1n) is 11.4. The highest BCUT2D eigenvalue weighted by molar-refractivity contribution is 6.18. The van der Waals surface area contributed by atoms with Crippen molar-refractivity contribution in [3.8, 4) is 0 Å². The van der Waals surface area contributed by atoms with Crippen LogP contribution in [0.1, 0.15) is 101 Å². The molecule has 5 heteroatoms. The zero-order chi connectivity index (χ0) is 23.3. The number of carbonyl (C=O) groups is 3. The second-order valence-corrected chi connectivity index (χ2v) is 10.8. The molecule has 0 saturated carbocycles. The quantitative estimate of drug-likeness (QED) is 0.245. The van der Waals surface area contributed by atoms with E-state index in [1.54, 1.807) is 13.8 Å². The predicted molar refractivity (Wildman–Crippen MR) is 121 cm³/mol. The van der Waals surface area contributed by atoms with Crippen LogP contribution >= 0.6 is 0 Å². The number of unbranched alkanes of at least 4 members (excludes halogenated alkanes) is 3. The number of ether oxygens (including phenoxy) is 1. The molecule has 0 aliphatic carbocycles. The third-order valence-corrected chi connectivity index (χ3v) is 7.10. The van der Waals surface area contributed by atoms with E-state index in [2.05, 4.69) is 41.5 Å². The number of esters is 1. The van der Waals surface area contributed by atoms with Crippen molar-refractivity contribution in [3.63, 3.8) is 0 Å². The maximum atomic E-state index is 13.0. The number of rotatable bonds is 11. The van der Waals surface area contributed by atoms with Crippen LogP contribution in [0, 0.1) is 16.2 Å². The van der Waals surface area contributed by atoms with Crippen molar-refractivity contribution in [3.05, 3.63) is 11.1 Å². The van der Waals surface area contributed by atoms with Crippen molar-refractivity contribution in [1.82, 2.24) is 4.90 Å². The van der Waals surface area contributed by atoms with E-state index in [-0.39, 0.29) is 28.6 Å². The van der Waals surface area contributed by atoms with Crippen LogP contribution in [0.25, 0.3) is 0 Å². The van der Waals surface area contributed by atoms with Crippen LogP contribution < -0.4 is 0 Å². The van der Waals surface area contributed by atoms with E-state index in [4.69, 9.17) is 4.74 Å². The Labute approximate surface area is 183 Å². The molecule has 172 valence electrons. The maximum Gasteiger partial charge on any atom is 0.312 e. The fraction of sp³-hybridized carbons (Fsp3) is 0.800. The predicted octanol–water partition coefficient (Wildman–Crippen LogP) is 5.67. The van der Waals surface area contributed by atoms with Crippen molar-refractivity contribution in [2.45, 2.75) is 101 Å². The number of hydrogen-bond acceptors (Lipinski definition) is 4. The Kier molecular flexibility index (Phi) is 8.89. The lowest BCUT2D eigenvalue weighted by Crippen LogP contribution is -2.44. The summed E-state index contributed by atoms with van der Waals surface area (Å²) in [5, 5.41) is 0. The lowest BCUT2D eigenvalue weighted by atomic mass is 9.60. The molecule has 1 unspecified atom stereocenters. The van der Waals surface area contributed by atoms with Crippen LogP contribution in [0.3, 0.4) is 0 Å². The molecular weight excluding hydrogens is 378 g/mol. The van der Waals surface area contributed by atoms with Gasteiger partial charge in [0.2, 0.25) is 0 Å². The highest BCUT2D eigenvalue weighted by Crippen LogP contribution is 2.48. The molecule has 0 radical (unpaired) electrons. The van der Waals surface area contributed by atoms with E-state index in [0.717, 1.165) is 38.5 Å². The fourth-order valence-corrected chi connectivity index (χ4v) is 3.80. The lowest BCUT2D eigenvalue weighted by molar-refractivity contribution is -0.165. The Bertz CT molecular complexity index is 660. The molecule has 0 N–H and O–H groups in total. The lowest BCUT2D eigenvalue weighted by Gasteiger charge is -2.44. The van der Waals surface area contributed by atoms with Crippen molar-refractivity contribution >= 4 is 17.8 Å². The minimum Gasteiger partial charge on any atom is -0.465 e. The average Bonchev–Trinajstić information content (AvgIpc) is 2.83. The molecule has 0 bridgehead atoms. The van der Waals surface area contributed by atoms with Gasteiger partial charge in [-0.15, -0.1) is 0 Å². The highest BCUT2D eigenvalue weighted by atomic mass is 16.5. The Morgan fingerprint density at radius 3 is 1.83 bits per heavy atom. The topological polar surface area (TPSA) is 63.7 Å². The zero-order valence-electron chi connectivity index (χ0n) is 20.7. The molecule has 1 rings (SSSR count). The van der Waals surface area contributed by atoms with Crippen LogP contribution in [0.5, 0.6) is 0 Å². The number of amides is 2. The minimum atomic E-state index is -0.536. The van der Waals surface area contributed by atoms with Crippen LogP contribution in [-0.2, 0) is 19.1 Å². The second kappa shape index (κ2) is 10.1. The third kappa shape index (κ3) is 6.18. The van der Waals surface area contributed by atoms with Gasteiger partial charge in [-0.2, -0.15) is 0 Å². The Hall–Kier alpha value is -1.65. The van der Waals surface area contributed by atoms with E-state index in [0.29, 0.717) is 24.3 Å². The summed E-state index contributed by atoms with van der Waals surface area (Å²) in [4.78, 5) is 38.4. The van der Waals surface area contributed by atoms with Gasteiger partial charge in [-0.25, -0.2) is 0 Å². The van der Waals surface area contributed by atoms with Crippen molar-refractivity contribution in [2.75, 3.05) is 13.2 Å². The number of imide groups is 1. The fourth-order valence-electron chi connectivity index (χ4n) is 3.80. The van der Waals surface area contributed by atoms with Gasteiger partial charge in [-0.1, -0.05) is 54.4 Å². The van der Waals surface area contributed by atoms with Gasteiger partial charge in [0.25, 0.3) is 11.8 Å². The first-order valence-corrected chi connectivity index (χ1v) is 11.4. The van der Waals surface area contributed by atoms with E-state index in [1.807, 2.05) is 6.92 Å². The highest BCUT2D eigenvalue weighted by Gasteiger charge is 2.48. The second-order valence-electron chi connectivity index (χ2n) is 10.8. The van der Waals surface area contributed by atoms with Crippen molar-refractivity contribution in [2.24, 2.45) is 16.2 Å². The standard InChI is InChI=1S/C25H43NO4/c1-10-24(7,8)17-25(9,23(4,5)6)22(29)30-16-14-12-11-13-15-26-20(27)18(2)19(3)21(26)28/h10-17H2,1-9H3. The number of nitrogens with zero attached hydrogens (tertiary/aromatic N) is 1. The van der Waals surface area contributed by atoms with Gasteiger partial charge in [-0.05, 0) is 57.3 Å². The van der Waals surface area contributed by atoms with Gasteiger partial charge in [0, 0.05) is 17.7 Å². The Balaban J connectivity index is 2.41. The molecule has 30 heavy (non-hydrogen) atoms. The molecule has 2 amide bonds. The summed E-state index contributed by atoms with van der Waals surface area (Å²) in [7, 11) is 0. The molecule has 0 fully saturated rings. The van der Waals surface area contributed by atoms with Gasteiger partial charge >= 0.3 is 5.97 Å². The largest absolute Gasteiger partial charge is 0.465 e. The molecule has 0 spiro atoms. The van der Waals surface area contributed by atoms with Crippen LogP contribution in [0.4, 0.5) is 0 Å². The van der Waals surface area contributed by atoms with Gasteiger partial charge in [0.1, 0.15) is 0 Å². The molecule has 1 atom stereocenters. The number of hydrogen-bond donors (Lipinski definition) is 0. The summed E-state index contributed by atoms with van der Waals surface area (Å²) in [5.41, 5.74) is 0.471. The van der Waals surface area contributed by atoms with E-state index in [1.165, 1.54) is 4.90 Å². The summed E-state index contributed by atoms with van der Waals surface area (Å²) in [6.45, 7) is 19.2. The van der Waals surface area contributed by atoms with Gasteiger partial charge < -0.3 is 4.74 Å². The molecule has 0 aromatic carbocycles. The zero-order valence-corrected chi connectivity index (χ0v) is 20.7. The van der Waals surface area contributed by atoms with E-state index >= 15 is 0 Å². The van der Waals surface area contributed by atoms with Gasteiger partial charge in [0.15, 0.2) is 0 Å². The van der Waals surface area contributed by atoms with Crippen LogP contribution in [0.2, 0.25) is 0 Å². The summed E-state index contributed by atoms with van der Waals surface area (Å²) >= 11 is 0. The molecular formula is C25H43NO4. The molecule has 0 saturated heterocycles. The molecule has 5 nitrogen and oxygen atoms in total. The summed E-state index contributed by atoms with van der Waals surface area (Å²) in [5.74, 6) is -0.437. The first-order chi connectivity index (χ1) is 13.7. The number of carbonyl (C=O) groups excluding carboxylic acids is 3. The SMILES string of the molecule is CCC(C)(C)CC(C)(C(=O)OCCCCCCN1C(=O)C(C)=C(C)C1=O)C(C)(C)C. The molecule has 0 aromatic rings. The Morgan fingerprint density at radius 2 is 1.37 bits per heavy atom. The van der Waals surface area contributed by atoms with Crippen molar-refractivity contribution in [1.29, 1.82) is 0 Å². The molecule has 1 aliphatic heterocycles. The first kappa shape index (κ1) is 26.4. The smallest absolute Gasteiger partial charge is 0.312 e. The molecule has 1 heterocycles.